The molecule has 2 aliphatic rings. The normalized spacial score (nSPS) is 19.2. The van der Waals surface area contributed by atoms with Crippen molar-refractivity contribution in [2.24, 2.45) is 10.7 Å². The number of carboxylic acid groups (broad SMARTS) is 1. The van der Waals surface area contributed by atoms with E-state index in [1.807, 2.05) is 6.21 Å². The molecule has 1 amide bonds. The number of carbonyl (C=O) groups excluding carboxylic acids is 1. The first-order valence-electron chi connectivity index (χ1n) is 15.5. The Morgan fingerprint density at radius 2 is 1.88 bits per heavy atom. The maximum atomic E-state index is 14.4. The van der Waals surface area contributed by atoms with Gasteiger partial charge in [-0.05, 0) is 68.6 Å². The number of nitrogens with zero attached hydrogens (tertiary/aromatic N) is 2. The molecule has 224 valence electrons. The molecule has 1 saturated carbocycles. The first-order chi connectivity index (χ1) is 19.3. The standard InChI is InChI=1S/C31H50FN5O3/c1-3-5-7-9-11-17-35-29(37-21-34-20-23(37)12-10-8-6-4-2)16-15-27(33)30(38)36-28-19-24(22-13-14-22)26(32)18-25(28)31(39)40/h17-19,22-23,27,29,34H,3-16,20-21,33H2,1-2H3,(H,36,38)(H,39,40)/b35-17-. The molecule has 0 spiro atoms. The Hall–Kier alpha value is -2.36. The molecule has 1 aliphatic heterocycles. The number of carbonyl (C=O) groups is 2. The molecule has 0 radical (unpaired) electrons. The molecule has 1 aromatic rings. The molecule has 0 aromatic heterocycles. The van der Waals surface area contributed by atoms with Crippen molar-refractivity contribution < 1.29 is 19.1 Å². The van der Waals surface area contributed by atoms with Crippen LogP contribution in [0.4, 0.5) is 10.1 Å². The van der Waals surface area contributed by atoms with Crippen molar-refractivity contribution in [2.45, 2.75) is 128 Å². The first kappa shape index (κ1) is 32.2. The molecule has 8 nitrogen and oxygen atoms in total. The second kappa shape index (κ2) is 16.8. The molecule has 3 unspecified atom stereocenters. The van der Waals surface area contributed by atoms with Gasteiger partial charge in [0.05, 0.1) is 24.0 Å². The summed E-state index contributed by atoms with van der Waals surface area (Å²) in [5.41, 5.74) is 6.61. The number of hydrogen-bond donors (Lipinski definition) is 4. The van der Waals surface area contributed by atoms with Crippen LogP contribution in [0.5, 0.6) is 0 Å². The summed E-state index contributed by atoms with van der Waals surface area (Å²) < 4.78 is 14.4. The number of nitrogens with two attached hydrogens (primary N) is 1. The minimum atomic E-state index is -1.29. The Morgan fingerprint density at radius 3 is 2.55 bits per heavy atom. The second-order valence-electron chi connectivity index (χ2n) is 11.5. The summed E-state index contributed by atoms with van der Waals surface area (Å²) in [4.78, 5) is 32.1. The van der Waals surface area contributed by atoms with Crippen molar-refractivity contribution in [1.29, 1.82) is 0 Å². The van der Waals surface area contributed by atoms with E-state index >= 15 is 0 Å². The Morgan fingerprint density at radius 1 is 1.15 bits per heavy atom. The van der Waals surface area contributed by atoms with E-state index in [0.717, 1.165) is 51.4 Å². The number of halogens is 1. The van der Waals surface area contributed by atoms with Crippen LogP contribution in [0.25, 0.3) is 0 Å². The highest BCUT2D eigenvalue weighted by Gasteiger charge is 2.31. The Labute approximate surface area is 239 Å². The molecule has 9 heteroatoms. The number of aliphatic imine (C=N–C) groups is 1. The predicted molar refractivity (Wildman–Crippen MR) is 159 cm³/mol. The van der Waals surface area contributed by atoms with E-state index in [0.29, 0.717) is 24.4 Å². The van der Waals surface area contributed by atoms with Crippen LogP contribution in [0.2, 0.25) is 0 Å². The van der Waals surface area contributed by atoms with Crippen LogP contribution in [-0.4, -0.2) is 59.6 Å². The highest BCUT2D eigenvalue weighted by molar-refractivity contribution is 6.02. The van der Waals surface area contributed by atoms with Gasteiger partial charge in [-0.25, -0.2) is 9.18 Å². The van der Waals surface area contributed by atoms with Gasteiger partial charge in [0.25, 0.3) is 0 Å². The number of hydrogen-bond acceptors (Lipinski definition) is 6. The molecule has 40 heavy (non-hydrogen) atoms. The fraction of sp³-hybridized carbons (Fsp3) is 0.710. The maximum absolute atomic E-state index is 14.4. The molecule has 2 fully saturated rings. The zero-order valence-corrected chi connectivity index (χ0v) is 24.5. The summed E-state index contributed by atoms with van der Waals surface area (Å²) in [5, 5.41) is 15.8. The van der Waals surface area contributed by atoms with Crippen molar-refractivity contribution in [3.63, 3.8) is 0 Å². The zero-order chi connectivity index (χ0) is 28.9. The summed E-state index contributed by atoms with van der Waals surface area (Å²) in [6.45, 7) is 6.13. The van der Waals surface area contributed by atoms with Gasteiger partial charge in [-0.15, -0.1) is 0 Å². The van der Waals surface area contributed by atoms with Crippen LogP contribution in [0.1, 0.15) is 126 Å². The summed E-state index contributed by atoms with van der Waals surface area (Å²) >= 11 is 0. The van der Waals surface area contributed by atoms with E-state index in [4.69, 9.17) is 10.7 Å². The van der Waals surface area contributed by atoms with E-state index in [2.05, 4.69) is 29.4 Å². The maximum Gasteiger partial charge on any atom is 0.337 e. The van der Waals surface area contributed by atoms with Crippen LogP contribution in [-0.2, 0) is 4.79 Å². The molecule has 3 rings (SSSR count). The summed E-state index contributed by atoms with van der Waals surface area (Å²) in [6, 6.07) is 2.04. The van der Waals surface area contributed by atoms with Crippen LogP contribution >= 0.6 is 0 Å². The fourth-order valence-electron chi connectivity index (χ4n) is 5.48. The van der Waals surface area contributed by atoms with Crippen LogP contribution in [0.15, 0.2) is 17.1 Å². The number of unbranched alkanes of at least 4 members (excludes halogenated alkanes) is 7. The van der Waals surface area contributed by atoms with Crippen LogP contribution in [0.3, 0.4) is 0 Å². The largest absolute Gasteiger partial charge is 0.478 e. The van der Waals surface area contributed by atoms with E-state index in [1.165, 1.54) is 51.0 Å². The van der Waals surface area contributed by atoms with Gasteiger partial charge in [0.15, 0.2) is 0 Å². The number of anilines is 1. The summed E-state index contributed by atoms with van der Waals surface area (Å²) in [5.74, 6) is -2.21. The number of rotatable bonds is 19. The molecule has 1 aliphatic carbocycles. The highest BCUT2D eigenvalue weighted by Crippen LogP contribution is 2.42. The molecule has 5 N–H and O–H groups in total. The summed E-state index contributed by atoms with van der Waals surface area (Å²) in [7, 11) is 0. The Kier molecular flexibility index (Phi) is 13.5. The lowest BCUT2D eigenvalue weighted by molar-refractivity contribution is -0.117. The number of aromatic carboxylic acids is 1. The van der Waals surface area contributed by atoms with E-state index < -0.39 is 23.7 Å². The number of carboxylic acids is 1. The third-order valence-electron chi connectivity index (χ3n) is 8.10. The quantitative estimate of drug-likeness (QED) is 0.122. The van der Waals surface area contributed by atoms with Gasteiger partial charge >= 0.3 is 5.97 Å². The Balaban J connectivity index is 1.63. The van der Waals surface area contributed by atoms with Crippen LogP contribution < -0.4 is 16.4 Å². The Bertz CT molecular complexity index is 984. The van der Waals surface area contributed by atoms with E-state index in [9.17, 15) is 19.1 Å². The van der Waals surface area contributed by atoms with E-state index in [-0.39, 0.29) is 23.3 Å². The van der Waals surface area contributed by atoms with Gasteiger partial charge in [-0.1, -0.05) is 58.8 Å². The molecular formula is C31H50FN5O3. The zero-order valence-electron chi connectivity index (χ0n) is 24.5. The lowest BCUT2D eigenvalue weighted by Crippen LogP contribution is -2.42. The fourth-order valence-corrected chi connectivity index (χ4v) is 5.48. The second-order valence-corrected chi connectivity index (χ2v) is 11.5. The SMILES string of the molecule is CCCCCC/C=N\C(CCC(N)C(=O)Nc1cc(C2CC2)c(F)cc1C(=O)O)N1CNCC1CCCCCC. The third kappa shape index (κ3) is 9.93. The van der Waals surface area contributed by atoms with Gasteiger partial charge < -0.3 is 21.5 Å². The van der Waals surface area contributed by atoms with Gasteiger partial charge in [0.2, 0.25) is 5.91 Å². The highest BCUT2D eigenvalue weighted by atomic mass is 19.1. The lowest BCUT2D eigenvalue weighted by Gasteiger charge is -2.30. The number of amides is 1. The molecule has 1 heterocycles. The topological polar surface area (TPSA) is 120 Å². The minimum Gasteiger partial charge on any atom is -0.478 e. The van der Waals surface area contributed by atoms with Crippen molar-refractivity contribution in [3.8, 4) is 0 Å². The van der Waals surface area contributed by atoms with Gasteiger partial charge in [-0.2, -0.15) is 0 Å². The number of nitrogens with one attached hydrogen (secondary N) is 2. The monoisotopic (exact) mass is 559 g/mol. The molecular weight excluding hydrogens is 509 g/mol. The average Bonchev–Trinajstić information content (AvgIpc) is 3.68. The third-order valence-corrected chi connectivity index (χ3v) is 8.10. The lowest BCUT2D eigenvalue weighted by atomic mass is 10.0. The van der Waals surface area contributed by atoms with Gasteiger partial charge in [0.1, 0.15) is 12.0 Å². The average molecular weight is 560 g/mol. The van der Waals surface area contributed by atoms with Gasteiger partial charge in [0, 0.05) is 18.8 Å². The molecule has 3 atom stereocenters. The number of benzene rings is 1. The first-order valence-corrected chi connectivity index (χ1v) is 15.5. The van der Waals surface area contributed by atoms with Crippen molar-refractivity contribution >= 4 is 23.8 Å². The van der Waals surface area contributed by atoms with Crippen molar-refractivity contribution in [3.05, 3.63) is 29.1 Å². The molecule has 1 aromatic carbocycles. The minimum absolute atomic E-state index is 0.0712. The van der Waals surface area contributed by atoms with Crippen molar-refractivity contribution in [1.82, 2.24) is 10.2 Å². The molecule has 0 bridgehead atoms. The van der Waals surface area contributed by atoms with Crippen LogP contribution in [0, 0.1) is 5.82 Å². The predicted octanol–water partition coefficient (Wildman–Crippen LogP) is 6.02. The summed E-state index contributed by atoms with van der Waals surface area (Å²) in [6.07, 6.45) is 16.4. The van der Waals surface area contributed by atoms with Gasteiger partial charge in [-0.3, -0.25) is 14.7 Å². The van der Waals surface area contributed by atoms with Crippen molar-refractivity contribution in [2.75, 3.05) is 18.5 Å². The van der Waals surface area contributed by atoms with E-state index in [1.54, 1.807) is 0 Å². The smallest absolute Gasteiger partial charge is 0.337 e. The molecule has 1 saturated heterocycles.